The van der Waals surface area contributed by atoms with Crippen molar-refractivity contribution in [1.29, 1.82) is 0 Å². The Morgan fingerprint density at radius 2 is 1.72 bits per heavy atom. The van der Waals surface area contributed by atoms with Crippen LogP contribution in [0.15, 0.2) is 54.6 Å². The summed E-state index contributed by atoms with van der Waals surface area (Å²) in [6, 6.07) is 18.9. The minimum atomic E-state index is 1.07. The summed E-state index contributed by atoms with van der Waals surface area (Å²) in [7, 11) is 2.11. The molecule has 2 aliphatic heterocycles. The van der Waals surface area contributed by atoms with E-state index in [0.29, 0.717) is 0 Å². The van der Waals surface area contributed by atoms with Crippen molar-refractivity contribution in [3.05, 3.63) is 54.6 Å². The van der Waals surface area contributed by atoms with Crippen molar-refractivity contribution >= 4 is 21.8 Å². The number of hydrogen-bond acceptors (Lipinski definition) is 1. The number of pyridine rings is 1. The summed E-state index contributed by atoms with van der Waals surface area (Å²) in [5, 5.41) is 2.45. The fraction of sp³-hybridized carbons (Fsp3) is 0.0625. The van der Waals surface area contributed by atoms with Crippen LogP contribution in [-0.2, 0) is 7.05 Å². The van der Waals surface area contributed by atoms with Crippen LogP contribution in [0, 0.1) is 0 Å². The maximum Gasteiger partial charge on any atom is 0.0887 e. The van der Waals surface area contributed by atoms with Crippen LogP contribution in [0.3, 0.4) is 0 Å². The molecule has 0 amide bonds. The molecule has 2 heteroatoms. The number of para-hydroxylation sites is 2. The summed E-state index contributed by atoms with van der Waals surface area (Å²) < 4.78 is 2.24. The number of aryl methyl sites for hydroxylation is 1. The maximum absolute atomic E-state index is 4.71. The lowest BCUT2D eigenvalue weighted by atomic mass is 10.1. The van der Waals surface area contributed by atoms with E-state index >= 15 is 0 Å². The van der Waals surface area contributed by atoms with Gasteiger partial charge in [-0.1, -0.05) is 36.4 Å². The third-order valence-corrected chi connectivity index (χ3v) is 3.57. The molecular weight excluding hydrogens is 220 g/mol. The van der Waals surface area contributed by atoms with Gasteiger partial charge in [0.25, 0.3) is 0 Å². The molecule has 0 bridgehead atoms. The summed E-state index contributed by atoms with van der Waals surface area (Å²) in [6.07, 6.45) is 0. The number of hydrogen-bond donors (Lipinski definition) is 0. The first-order chi connectivity index (χ1) is 8.84. The summed E-state index contributed by atoms with van der Waals surface area (Å²) >= 11 is 0. The van der Waals surface area contributed by atoms with Gasteiger partial charge in [0.05, 0.1) is 16.9 Å². The lowest BCUT2D eigenvalue weighted by molar-refractivity contribution is 0.967. The molecule has 0 N–H and O–H groups in total. The number of aromatic nitrogens is 2. The topological polar surface area (TPSA) is 17.8 Å². The number of benzene rings is 2. The Balaban J connectivity index is 2.31. The molecule has 4 rings (SSSR count). The highest BCUT2D eigenvalue weighted by Crippen LogP contribution is 2.33. The predicted molar refractivity (Wildman–Crippen MR) is 74.8 cm³/mol. The van der Waals surface area contributed by atoms with Gasteiger partial charge in [-0.15, -0.1) is 0 Å². The minimum absolute atomic E-state index is 1.07. The summed E-state index contributed by atoms with van der Waals surface area (Å²) in [6.45, 7) is 0. The third-order valence-electron chi connectivity index (χ3n) is 3.57. The first kappa shape index (κ1) is 9.66. The molecule has 2 aliphatic rings. The van der Waals surface area contributed by atoms with Gasteiger partial charge in [0.2, 0.25) is 0 Å². The molecule has 0 saturated heterocycles. The van der Waals surface area contributed by atoms with Gasteiger partial charge >= 0.3 is 0 Å². The molecule has 2 aromatic rings. The van der Waals surface area contributed by atoms with E-state index in [1.807, 2.05) is 6.07 Å². The fourth-order valence-corrected chi connectivity index (χ4v) is 2.73. The summed E-state index contributed by atoms with van der Waals surface area (Å²) in [4.78, 5) is 4.71. The van der Waals surface area contributed by atoms with Gasteiger partial charge in [0.1, 0.15) is 0 Å². The molecule has 0 aliphatic carbocycles. The van der Waals surface area contributed by atoms with Crippen molar-refractivity contribution in [1.82, 2.24) is 9.55 Å². The summed E-state index contributed by atoms with van der Waals surface area (Å²) in [5.41, 5.74) is 4.59. The van der Waals surface area contributed by atoms with Crippen molar-refractivity contribution in [2.24, 2.45) is 7.05 Å². The van der Waals surface area contributed by atoms with Gasteiger partial charge in [-0.25, -0.2) is 4.98 Å². The van der Waals surface area contributed by atoms with Gasteiger partial charge in [-0.05, 0) is 18.2 Å². The molecule has 0 spiro atoms. The van der Waals surface area contributed by atoms with E-state index in [9.17, 15) is 0 Å². The highest BCUT2D eigenvalue weighted by Gasteiger charge is 2.15. The highest BCUT2D eigenvalue weighted by molar-refractivity contribution is 5.99. The van der Waals surface area contributed by atoms with Crippen molar-refractivity contribution < 1.29 is 0 Å². The Morgan fingerprint density at radius 1 is 0.944 bits per heavy atom. The normalized spacial score (nSPS) is 11.6. The third kappa shape index (κ3) is 1.15. The van der Waals surface area contributed by atoms with E-state index in [0.717, 1.165) is 11.2 Å². The molecule has 2 aromatic carbocycles. The van der Waals surface area contributed by atoms with Crippen LogP contribution >= 0.6 is 0 Å². The number of rotatable bonds is 0. The second-order valence-corrected chi connectivity index (χ2v) is 4.62. The average molecular weight is 232 g/mol. The van der Waals surface area contributed by atoms with Gasteiger partial charge in [0, 0.05) is 23.3 Å². The zero-order chi connectivity index (χ0) is 12.1. The van der Waals surface area contributed by atoms with Crippen molar-refractivity contribution in [3.63, 3.8) is 0 Å². The Kier molecular flexibility index (Phi) is 1.78. The first-order valence-corrected chi connectivity index (χ1v) is 6.07. The number of nitrogens with zero attached hydrogens (tertiary/aromatic N) is 2. The molecular formula is C16H12N2. The molecule has 0 saturated carbocycles. The van der Waals surface area contributed by atoms with Gasteiger partial charge in [-0.2, -0.15) is 0 Å². The van der Waals surface area contributed by atoms with Crippen molar-refractivity contribution in [3.8, 4) is 11.4 Å². The van der Waals surface area contributed by atoms with E-state index in [4.69, 9.17) is 4.98 Å². The lowest BCUT2D eigenvalue weighted by Gasteiger charge is -2.11. The first-order valence-electron chi connectivity index (χ1n) is 6.07. The fourth-order valence-electron chi connectivity index (χ4n) is 2.73. The van der Waals surface area contributed by atoms with E-state index in [1.165, 1.54) is 22.0 Å². The second kappa shape index (κ2) is 3.33. The van der Waals surface area contributed by atoms with E-state index in [1.54, 1.807) is 0 Å². The van der Waals surface area contributed by atoms with Crippen LogP contribution in [0.4, 0.5) is 0 Å². The smallest absolute Gasteiger partial charge is 0.0887 e. The van der Waals surface area contributed by atoms with Crippen LogP contribution in [0.5, 0.6) is 0 Å². The Hall–Kier alpha value is -2.35. The molecule has 18 heavy (non-hydrogen) atoms. The van der Waals surface area contributed by atoms with E-state index < -0.39 is 0 Å². The zero-order valence-electron chi connectivity index (χ0n) is 10.1. The standard InChI is InChI=1S/C16H12N2/c1-18-15-9-5-2-6-11(15)10-14-16(18)12-7-3-4-8-13(12)17-14/h2-10H,1H3. The molecule has 0 fully saturated rings. The zero-order valence-corrected chi connectivity index (χ0v) is 10.1. The molecule has 0 atom stereocenters. The molecule has 0 aromatic heterocycles. The van der Waals surface area contributed by atoms with Crippen LogP contribution in [-0.4, -0.2) is 9.55 Å². The van der Waals surface area contributed by atoms with Gasteiger partial charge in [-0.3, -0.25) is 0 Å². The highest BCUT2D eigenvalue weighted by atomic mass is 15.0. The monoisotopic (exact) mass is 232 g/mol. The van der Waals surface area contributed by atoms with Crippen molar-refractivity contribution in [2.75, 3.05) is 0 Å². The van der Waals surface area contributed by atoms with E-state index in [2.05, 4.69) is 60.1 Å². The van der Waals surface area contributed by atoms with Crippen LogP contribution in [0.25, 0.3) is 33.2 Å². The van der Waals surface area contributed by atoms with Crippen LogP contribution in [0.1, 0.15) is 0 Å². The minimum Gasteiger partial charge on any atom is -0.342 e. The van der Waals surface area contributed by atoms with Gasteiger partial charge < -0.3 is 4.57 Å². The molecule has 2 nitrogen and oxygen atoms in total. The van der Waals surface area contributed by atoms with Crippen molar-refractivity contribution in [2.45, 2.75) is 0 Å². The second-order valence-electron chi connectivity index (χ2n) is 4.62. The molecule has 2 heterocycles. The molecule has 86 valence electrons. The van der Waals surface area contributed by atoms with E-state index in [-0.39, 0.29) is 0 Å². The lowest BCUT2D eigenvalue weighted by Crippen LogP contribution is -1.98. The molecule has 0 unspecified atom stereocenters. The maximum atomic E-state index is 4.71. The summed E-state index contributed by atoms with van der Waals surface area (Å²) in [5.74, 6) is 0. The Morgan fingerprint density at radius 3 is 2.67 bits per heavy atom. The average Bonchev–Trinajstić information content (AvgIpc) is 2.77. The largest absolute Gasteiger partial charge is 0.342 e. The quantitative estimate of drug-likeness (QED) is 0.450. The number of fused-ring (bicyclic) bond motifs is 4. The Labute approximate surface area is 105 Å². The Bertz CT molecular complexity index is 842. The van der Waals surface area contributed by atoms with Crippen LogP contribution < -0.4 is 0 Å². The van der Waals surface area contributed by atoms with Gasteiger partial charge in [0.15, 0.2) is 0 Å². The molecule has 0 radical (unpaired) electrons. The predicted octanol–water partition coefficient (Wildman–Crippen LogP) is 3.83. The van der Waals surface area contributed by atoms with Crippen LogP contribution in [0.2, 0.25) is 0 Å². The SMILES string of the molecule is Cn1c2c3ccccc3nc-2cc2ccccc21.